The van der Waals surface area contributed by atoms with Crippen molar-refractivity contribution >= 4 is 5.71 Å². The molecule has 0 spiro atoms. The van der Waals surface area contributed by atoms with Crippen molar-refractivity contribution in [1.82, 2.24) is 0 Å². The summed E-state index contributed by atoms with van der Waals surface area (Å²) >= 11 is 0. The van der Waals surface area contributed by atoms with E-state index in [1.807, 2.05) is 6.92 Å². The molecule has 0 bridgehead atoms. The van der Waals surface area contributed by atoms with E-state index in [9.17, 15) is 13.2 Å². The Kier molecular flexibility index (Phi) is 4.42. The quantitative estimate of drug-likeness (QED) is 0.525. The van der Waals surface area contributed by atoms with E-state index in [-0.39, 0.29) is 5.92 Å². The summed E-state index contributed by atoms with van der Waals surface area (Å²) in [5, 5.41) is 3.23. The van der Waals surface area contributed by atoms with Crippen molar-refractivity contribution in [3.63, 3.8) is 0 Å². The first kappa shape index (κ1) is 12.3. The van der Waals surface area contributed by atoms with Crippen molar-refractivity contribution in [2.75, 3.05) is 0 Å². The maximum absolute atomic E-state index is 11.8. The van der Waals surface area contributed by atoms with Crippen LogP contribution in [0.3, 0.4) is 0 Å². The van der Waals surface area contributed by atoms with E-state index < -0.39 is 6.36 Å². The molecule has 0 saturated heterocycles. The van der Waals surface area contributed by atoms with Crippen LogP contribution in [0.5, 0.6) is 0 Å². The molecule has 1 aliphatic carbocycles. The predicted octanol–water partition coefficient (Wildman–Crippen LogP) is 3.87. The first-order valence-electron chi connectivity index (χ1n) is 5.34. The summed E-state index contributed by atoms with van der Waals surface area (Å²) in [5.74, 6) is 0.186. The van der Waals surface area contributed by atoms with Gasteiger partial charge in [0.05, 0.1) is 5.71 Å². The second kappa shape index (κ2) is 5.37. The predicted molar refractivity (Wildman–Crippen MR) is 51.4 cm³/mol. The van der Waals surface area contributed by atoms with Gasteiger partial charge in [0.1, 0.15) is 0 Å². The Bertz CT molecular complexity index is 219. The van der Waals surface area contributed by atoms with Crippen molar-refractivity contribution in [2.45, 2.75) is 51.8 Å². The molecule has 1 saturated carbocycles. The van der Waals surface area contributed by atoms with E-state index in [4.69, 9.17) is 0 Å². The molecule has 0 aromatic rings. The number of rotatable bonds is 3. The van der Waals surface area contributed by atoms with Crippen LogP contribution in [0.15, 0.2) is 5.16 Å². The van der Waals surface area contributed by atoms with Gasteiger partial charge in [-0.1, -0.05) is 31.3 Å². The van der Waals surface area contributed by atoms with Gasteiger partial charge in [0, 0.05) is 5.92 Å². The average molecular weight is 223 g/mol. The fourth-order valence-electron chi connectivity index (χ4n) is 1.97. The van der Waals surface area contributed by atoms with Crippen LogP contribution in [-0.4, -0.2) is 12.1 Å². The highest BCUT2D eigenvalue weighted by molar-refractivity contribution is 5.86. The Balaban J connectivity index is 2.53. The molecule has 0 unspecified atom stereocenters. The van der Waals surface area contributed by atoms with Gasteiger partial charge < -0.3 is 0 Å². The first-order chi connectivity index (χ1) is 7.03. The summed E-state index contributed by atoms with van der Waals surface area (Å²) in [7, 11) is 0. The number of oxime groups is 1. The largest absolute Gasteiger partial charge is 0.593 e. The van der Waals surface area contributed by atoms with E-state index >= 15 is 0 Å². The summed E-state index contributed by atoms with van der Waals surface area (Å²) < 4.78 is 35.4. The Hall–Kier alpha value is -0.740. The number of hydrogen-bond acceptors (Lipinski definition) is 2. The van der Waals surface area contributed by atoms with E-state index in [1.165, 1.54) is 6.42 Å². The van der Waals surface area contributed by atoms with Crippen molar-refractivity contribution in [3.8, 4) is 0 Å². The third-order valence-electron chi connectivity index (χ3n) is 2.71. The fraction of sp³-hybridized carbons (Fsp3) is 0.900. The SMILES string of the molecule is CCC(=NOC(F)(F)F)C1CCCCC1. The topological polar surface area (TPSA) is 21.6 Å². The second-order valence-corrected chi connectivity index (χ2v) is 3.81. The molecule has 0 aliphatic heterocycles. The molecule has 2 nitrogen and oxygen atoms in total. The molecular weight excluding hydrogens is 207 g/mol. The van der Waals surface area contributed by atoms with E-state index in [0.29, 0.717) is 12.1 Å². The maximum atomic E-state index is 11.8. The van der Waals surface area contributed by atoms with Gasteiger partial charge >= 0.3 is 6.36 Å². The minimum atomic E-state index is -4.66. The molecule has 5 heteroatoms. The zero-order chi connectivity index (χ0) is 11.3. The van der Waals surface area contributed by atoms with Crippen LogP contribution in [0.25, 0.3) is 0 Å². The second-order valence-electron chi connectivity index (χ2n) is 3.81. The van der Waals surface area contributed by atoms with Crippen LogP contribution in [0.1, 0.15) is 45.4 Å². The standard InChI is InChI=1S/C10H16F3NO/c1-2-9(14-15-10(11,12)13)8-6-4-3-5-7-8/h8H,2-7H2,1H3. The maximum Gasteiger partial charge on any atom is 0.593 e. The molecule has 0 atom stereocenters. The molecule has 0 heterocycles. The first-order valence-corrected chi connectivity index (χ1v) is 5.34. The molecule has 0 aromatic heterocycles. The lowest BCUT2D eigenvalue weighted by Gasteiger charge is -2.22. The highest BCUT2D eigenvalue weighted by atomic mass is 19.4. The normalized spacial score (nSPS) is 20.4. The Morgan fingerprint density at radius 3 is 2.33 bits per heavy atom. The van der Waals surface area contributed by atoms with Crippen molar-refractivity contribution in [3.05, 3.63) is 0 Å². The molecular formula is C10H16F3NO. The van der Waals surface area contributed by atoms with E-state index in [2.05, 4.69) is 9.99 Å². The van der Waals surface area contributed by atoms with E-state index in [0.717, 1.165) is 25.7 Å². The smallest absolute Gasteiger partial charge is 0.294 e. The summed E-state index contributed by atoms with van der Waals surface area (Å²) in [6.45, 7) is 1.81. The van der Waals surface area contributed by atoms with Crippen LogP contribution in [0.4, 0.5) is 13.2 Å². The van der Waals surface area contributed by atoms with Crippen LogP contribution in [-0.2, 0) is 4.84 Å². The number of hydrogen-bond donors (Lipinski definition) is 0. The molecule has 88 valence electrons. The molecule has 1 rings (SSSR count). The van der Waals surface area contributed by atoms with E-state index in [1.54, 1.807) is 0 Å². The average Bonchev–Trinajstić information content (AvgIpc) is 2.19. The lowest BCUT2D eigenvalue weighted by atomic mass is 9.85. The van der Waals surface area contributed by atoms with Gasteiger partial charge in [0.25, 0.3) is 0 Å². The molecule has 15 heavy (non-hydrogen) atoms. The highest BCUT2D eigenvalue weighted by Gasteiger charge is 2.32. The van der Waals surface area contributed by atoms with Gasteiger partial charge in [-0.2, -0.15) is 0 Å². The summed E-state index contributed by atoms with van der Waals surface area (Å²) in [5.41, 5.74) is 0.548. The van der Waals surface area contributed by atoms with Crippen LogP contribution < -0.4 is 0 Å². The van der Waals surface area contributed by atoms with Gasteiger partial charge in [-0.3, -0.25) is 4.84 Å². The van der Waals surface area contributed by atoms with Gasteiger partial charge in [-0.25, -0.2) is 0 Å². The van der Waals surface area contributed by atoms with Crippen molar-refractivity contribution in [2.24, 2.45) is 11.1 Å². The van der Waals surface area contributed by atoms with Crippen LogP contribution in [0.2, 0.25) is 0 Å². The lowest BCUT2D eigenvalue weighted by Crippen LogP contribution is -2.19. The summed E-state index contributed by atoms with van der Waals surface area (Å²) in [6, 6.07) is 0. The monoisotopic (exact) mass is 223 g/mol. The van der Waals surface area contributed by atoms with Gasteiger partial charge in [0.15, 0.2) is 0 Å². The zero-order valence-electron chi connectivity index (χ0n) is 8.81. The minimum absolute atomic E-state index is 0.186. The third kappa shape index (κ3) is 4.53. The van der Waals surface area contributed by atoms with Crippen molar-refractivity contribution < 1.29 is 18.0 Å². The minimum Gasteiger partial charge on any atom is -0.294 e. The molecule has 0 amide bonds. The summed E-state index contributed by atoms with van der Waals surface area (Å²) in [4.78, 5) is 3.52. The molecule has 1 fully saturated rings. The Labute approximate surface area is 87.5 Å². The van der Waals surface area contributed by atoms with Gasteiger partial charge in [-0.05, 0) is 19.3 Å². The molecule has 0 radical (unpaired) electrons. The fourth-order valence-corrected chi connectivity index (χ4v) is 1.97. The number of alkyl halides is 3. The molecule has 0 N–H and O–H groups in total. The number of halogens is 3. The van der Waals surface area contributed by atoms with Gasteiger partial charge in [0.2, 0.25) is 0 Å². The summed E-state index contributed by atoms with van der Waals surface area (Å²) in [6.07, 6.45) is 1.08. The Morgan fingerprint density at radius 1 is 1.27 bits per heavy atom. The third-order valence-corrected chi connectivity index (χ3v) is 2.71. The molecule has 1 aliphatic rings. The van der Waals surface area contributed by atoms with Crippen molar-refractivity contribution in [1.29, 1.82) is 0 Å². The van der Waals surface area contributed by atoms with Crippen LogP contribution >= 0.6 is 0 Å². The Morgan fingerprint density at radius 2 is 1.87 bits per heavy atom. The molecule has 0 aromatic carbocycles. The van der Waals surface area contributed by atoms with Gasteiger partial charge in [-0.15, -0.1) is 13.2 Å². The lowest BCUT2D eigenvalue weighted by molar-refractivity contribution is -0.325. The van der Waals surface area contributed by atoms with Crippen LogP contribution in [0, 0.1) is 5.92 Å². The number of nitrogens with zero attached hydrogens (tertiary/aromatic N) is 1. The highest BCUT2D eigenvalue weighted by Crippen LogP contribution is 2.27. The zero-order valence-corrected chi connectivity index (χ0v) is 8.81.